The predicted molar refractivity (Wildman–Crippen MR) is 127 cm³/mol. The van der Waals surface area contributed by atoms with Crippen LogP contribution >= 0.6 is 0 Å². The molecule has 0 aromatic heterocycles. The standard InChI is InChI=1S/C27H35NO5/c1-6-17(11-18-9-15(2)25(29)16(3)10-18)7-8-22-23-19(13-32-5)12-20-24(21(23)14-33-22)27(31)28(4)26(20)30/h9-11,20-22,24,29H,6-8,12-14H2,1-5H3/b17-11+/t20-,21+,22-,24-/m1/s1. The van der Waals surface area contributed by atoms with Gasteiger partial charge in [0.2, 0.25) is 11.8 Å². The molecule has 178 valence electrons. The van der Waals surface area contributed by atoms with Crippen LogP contribution in [-0.4, -0.2) is 55.3 Å². The van der Waals surface area contributed by atoms with Crippen molar-refractivity contribution in [1.82, 2.24) is 4.90 Å². The Morgan fingerprint density at radius 2 is 1.91 bits per heavy atom. The minimum absolute atomic E-state index is 0.0308. The summed E-state index contributed by atoms with van der Waals surface area (Å²) in [7, 11) is 3.27. The summed E-state index contributed by atoms with van der Waals surface area (Å²) in [6, 6.07) is 4.03. The molecule has 0 spiro atoms. The van der Waals surface area contributed by atoms with E-state index in [-0.39, 0.29) is 35.7 Å². The number of aryl methyl sites for hydroxylation is 2. The molecule has 2 saturated heterocycles. The number of rotatable bonds is 7. The number of imide groups is 1. The van der Waals surface area contributed by atoms with Gasteiger partial charge in [0.05, 0.1) is 31.2 Å². The van der Waals surface area contributed by atoms with Crippen molar-refractivity contribution in [3.8, 4) is 5.75 Å². The van der Waals surface area contributed by atoms with Gasteiger partial charge < -0.3 is 14.6 Å². The molecular weight excluding hydrogens is 418 g/mol. The zero-order valence-corrected chi connectivity index (χ0v) is 20.3. The normalized spacial score (nSPS) is 27.4. The predicted octanol–water partition coefficient (Wildman–Crippen LogP) is 4.18. The second-order valence-electron chi connectivity index (χ2n) is 9.69. The van der Waals surface area contributed by atoms with Gasteiger partial charge in [-0.3, -0.25) is 14.5 Å². The fourth-order valence-corrected chi connectivity index (χ4v) is 5.91. The Balaban J connectivity index is 1.55. The van der Waals surface area contributed by atoms with E-state index in [0.29, 0.717) is 25.4 Å². The van der Waals surface area contributed by atoms with Crippen molar-refractivity contribution in [1.29, 1.82) is 0 Å². The maximum atomic E-state index is 12.8. The van der Waals surface area contributed by atoms with Crippen LogP contribution in [0.4, 0.5) is 0 Å². The second-order valence-corrected chi connectivity index (χ2v) is 9.69. The largest absolute Gasteiger partial charge is 0.507 e. The third-order valence-corrected chi connectivity index (χ3v) is 7.61. The van der Waals surface area contributed by atoms with Crippen molar-refractivity contribution >= 4 is 17.9 Å². The Kier molecular flexibility index (Phi) is 6.78. The number of carbonyl (C=O) groups excluding carboxylic acids is 2. The van der Waals surface area contributed by atoms with Crippen molar-refractivity contribution in [3.05, 3.63) is 45.5 Å². The molecule has 2 heterocycles. The molecule has 2 fully saturated rings. The monoisotopic (exact) mass is 453 g/mol. The summed E-state index contributed by atoms with van der Waals surface area (Å²) >= 11 is 0. The highest BCUT2D eigenvalue weighted by molar-refractivity contribution is 6.05. The number of aromatic hydroxyl groups is 1. The van der Waals surface area contributed by atoms with E-state index >= 15 is 0 Å². The molecule has 2 aliphatic heterocycles. The first-order chi connectivity index (χ1) is 15.8. The first-order valence-electron chi connectivity index (χ1n) is 11.9. The lowest BCUT2D eigenvalue weighted by Gasteiger charge is -2.31. The maximum absolute atomic E-state index is 12.8. The number of allylic oxidation sites excluding steroid dienone is 1. The molecule has 0 unspecified atom stereocenters. The summed E-state index contributed by atoms with van der Waals surface area (Å²) in [5.74, 6) is -0.397. The molecule has 6 nitrogen and oxygen atoms in total. The number of phenolic OH excluding ortho intramolecular Hbond substituents is 1. The fraction of sp³-hybridized carbons (Fsp3) is 0.556. The molecular formula is C27H35NO5. The maximum Gasteiger partial charge on any atom is 0.233 e. The third kappa shape index (κ3) is 4.26. The highest BCUT2D eigenvalue weighted by atomic mass is 16.5. The van der Waals surface area contributed by atoms with Crippen molar-refractivity contribution in [2.75, 3.05) is 27.4 Å². The van der Waals surface area contributed by atoms with Crippen LogP contribution in [-0.2, 0) is 19.1 Å². The Morgan fingerprint density at radius 3 is 2.55 bits per heavy atom. The Hall–Kier alpha value is -2.44. The Labute approximate surface area is 196 Å². The summed E-state index contributed by atoms with van der Waals surface area (Å²) in [5.41, 5.74) is 6.51. The van der Waals surface area contributed by atoms with Gasteiger partial charge in [-0.25, -0.2) is 0 Å². The van der Waals surface area contributed by atoms with E-state index in [1.165, 1.54) is 16.0 Å². The van der Waals surface area contributed by atoms with Crippen molar-refractivity contribution < 1.29 is 24.2 Å². The average molecular weight is 454 g/mol. The van der Waals surface area contributed by atoms with Crippen LogP contribution in [0.1, 0.15) is 49.3 Å². The number of methoxy groups -OCH3 is 1. The number of fused-ring (bicyclic) bond motifs is 3. The van der Waals surface area contributed by atoms with Gasteiger partial charge in [0, 0.05) is 20.1 Å². The SMILES string of the molecule is CC/C(=C\c1cc(C)c(O)c(C)c1)CC[C@H]1OC[C@H]2C1=C(COC)C[C@H]1C(=O)N(C)C(=O)[C@H]12. The van der Waals surface area contributed by atoms with Gasteiger partial charge in [-0.15, -0.1) is 0 Å². The van der Waals surface area contributed by atoms with E-state index in [1.54, 1.807) is 14.2 Å². The van der Waals surface area contributed by atoms with Crippen LogP contribution in [0.3, 0.4) is 0 Å². The molecule has 1 aliphatic carbocycles. The number of likely N-dealkylation sites (tertiary alicyclic amines) is 1. The van der Waals surface area contributed by atoms with Gasteiger partial charge in [-0.1, -0.05) is 18.6 Å². The smallest absolute Gasteiger partial charge is 0.233 e. The minimum Gasteiger partial charge on any atom is -0.507 e. The number of hydrogen-bond donors (Lipinski definition) is 1. The van der Waals surface area contributed by atoms with Crippen molar-refractivity contribution in [2.45, 2.75) is 52.6 Å². The van der Waals surface area contributed by atoms with E-state index in [1.807, 2.05) is 26.0 Å². The lowest BCUT2D eigenvalue weighted by Crippen LogP contribution is -2.34. The topological polar surface area (TPSA) is 76.1 Å². The minimum atomic E-state index is -0.299. The van der Waals surface area contributed by atoms with E-state index < -0.39 is 0 Å². The second kappa shape index (κ2) is 9.43. The lowest BCUT2D eigenvalue weighted by atomic mass is 9.69. The summed E-state index contributed by atoms with van der Waals surface area (Å²) in [4.78, 5) is 26.8. The Morgan fingerprint density at radius 1 is 1.21 bits per heavy atom. The van der Waals surface area contributed by atoms with Crippen LogP contribution in [0, 0.1) is 31.6 Å². The molecule has 0 saturated carbocycles. The van der Waals surface area contributed by atoms with Gasteiger partial charge in [0.1, 0.15) is 5.75 Å². The summed E-state index contributed by atoms with van der Waals surface area (Å²) in [5, 5.41) is 10.1. The van der Waals surface area contributed by atoms with Crippen LogP contribution < -0.4 is 0 Å². The van der Waals surface area contributed by atoms with Crippen molar-refractivity contribution in [2.24, 2.45) is 17.8 Å². The van der Waals surface area contributed by atoms with E-state index in [9.17, 15) is 14.7 Å². The number of nitrogens with zero attached hydrogens (tertiary/aromatic N) is 1. The number of amides is 2. The first-order valence-corrected chi connectivity index (χ1v) is 11.9. The zero-order valence-electron chi connectivity index (χ0n) is 20.3. The molecule has 6 heteroatoms. The summed E-state index contributed by atoms with van der Waals surface area (Å²) in [6.45, 7) is 6.96. The van der Waals surface area contributed by atoms with Crippen molar-refractivity contribution in [3.63, 3.8) is 0 Å². The van der Waals surface area contributed by atoms with Gasteiger partial charge in [0.15, 0.2) is 0 Å². The number of carbonyl (C=O) groups is 2. The van der Waals surface area contributed by atoms with Crippen LogP contribution in [0.15, 0.2) is 28.9 Å². The first kappa shape index (κ1) is 23.7. The van der Waals surface area contributed by atoms with Crippen LogP contribution in [0.5, 0.6) is 5.75 Å². The number of hydrogen-bond acceptors (Lipinski definition) is 5. The molecule has 0 radical (unpaired) electrons. The Bertz CT molecular complexity index is 1000. The lowest BCUT2D eigenvalue weighted by molar-refractivity contribution is -0.138. The fourth-order valence-electron chi connectivity index (χ4n) is 5.91. The summed E-state index contributed by atoms with van der Waals surface area (Å²) in [6.07, 6.45) is 5.40. The molecule has 0 bridgehead atoms. The number of ether oxygens (including phenoxy) is 2. The summed E-state index contributed by atoms with van der Waals surface area (Å²) < 4.78 is 11.7. The molecule has 1 N–H and O–H groups in total. The number of phenols is 1. The third-order valence-electron chi connectivity index (χ3n) is 7.61. The molecule has 4 atom stereocenters. The quantitative estimate of drug-likeness (QED) is 0.495. The van der Waals surface area contributed by atoms with Crippen LogP contribution in [0.25, 0.3) is 6.08 Å². The van der Waals surface area contributed by atoms with E-state index in [4.69, 9.17) is 9.47 Å². The highest BCUT2D eigenvalue weighted by Crippen LogP contribution is 2.49. The molecule has 2 amide bonds. The zero-order chi connectivity index (χ0) is 23.9. The van der Waals surface area contributed by atoms with E-state index in [0.717, 1.165) is 41.5 Å². The van der Waals surface area contributed by atoms with Crippen LogP contribution in [0.2, 0.25) is 0 Å². The average Bonchev–Trinajstić information content (AvgIpc) is 3.30. The molecule has 1 aromatic rings. The molecule has 3 aliphatic rings. The van der Waals surface area contributed by atoms with Gasteiger partial charge in [0.25, 0.3) is 0 Å². The molecule has 4 rings (SSSR count). The number of benzene rings is 1. The van der Waals surface area contributed by atoms with Gasteiger partial charge >= 0.3 is 0 Å². The molecule has 33 heavy (non-hydrogen) atoms. The van der Waals surface area contributed by atoms with Gasteiger partial charge in [-0.2, -0.15) is 0 Å². The molecule has 1 aromatic carbocycles. The van der Waals surface area contributed by atoms with E-state index in [2.05, 4.69) is 13.0 Å². The van der Waals surface area contributed by atoms with Gasteiger partial charge in [-0.05, 0) is 79.5 Å². The highest BCUT2D eigenvalue weighted by Gasteiger charge is 2.55.